The molecule has 1 aromatic carbocycles. The number of fused-ring (bicyclic) bond motifs is 1. The Balaban J connectivity index is 1.72. The van der Waals surface area contributed by atoms with Gasteiger partial charge in [0.1, 0.15) is 9.88 Å². The van der Waals surface area contributed by atoms with Crippen molar-refractivity contribution in [2.24, 2.45) is 0 Å². The number of rotatable bonds is 4. The van der Waals surface area contributed by atoms with E-state index in [4.69, 9.17) is 15.2 Å². The van der Waals surface area contributed by atoms with Gasteiger partial charge >= 0.3 is 5.97 Å². The fourth-order valence-corrected chi connectivity index (χ4v) is 4.56. The smallest absolute Gasteiger partial charge is 0.348 e. The van der Waals surface area contributed by atoms with Gasteiger partial charge in [-0.05, 0) is 23.1 Å². The predicted octanol–water partition coefficient (Wildman–Crippen LogP) is 3.09. The van der Waals surface area contributed by atoms with Crippen LogP contribution in [-0.2, 0) is 15.9 Å². The van der Waals surface area contributed by atoms with Crippen LogP contribution in [0.1, 0.15) is 20.8 Å². The molecule has 1 saturated heterocycles. The Morgan fingerprint density at radius 3 is 2.89 bits per heavy atom. The van der Waals surface area contributed by atoms with Crippen molar-refractivity contribution in [3.8, 4) is 0 Å². The molecule has 1 fully saturated rings. The largest absolute Gasteiger partial charge is 0.465 e. The maximum Gasteiger partial charge on any atom is 0.348 e. The van der Waals surface area contributed by atoms with E-state index < -0.39 is 0 Å². The molecule has 0 bridgehead atoms. The molecule has 2 N–H and O–H groups in total. The van der Waals surface area contributed by atoms with Crippen molar-refractivity contribution in [3.63, 3.8) is 0 Å². The van der Waals surface area contributed by atoms with E-state index in [0.717, 1.165) is 40.0 Å². The molecular formula is C20H21N3O3S. The van der Waals surface area contributed by atoms with Gasteiger partial charge in [0.15, 0.2) is 0 Å². The number of thiophene rings is 1. The van der Waals surface area contributed by atoms with E-state index in [1.54, 1.807) is 6.20 Å². The third kappa shape index (κ3) is 3.48. The lowest BCUT2D eigenvalue weighted by Gasteiger charge is -2.28. The van der Waals surface area contributed by atoms with E-state index in [0.29, 0.717) is 30.2 Å². The van der Waals surface area contributed by atoms with E-state index in [9.17, 15) is 4.79 Å². The van der Waals surface area contributed by atoms with Crippen molar-refractivity contribution < 1.29 is 14.3 Å². The van der Waals surface area contributed by atoms with Gasteiger partial charge < -0.3 is 20.1 Å². The third-order valence-electron chi connectivity index (χ3n) is 4.78. The molecule has 1 aliphatic rings. The Morgan fingerprint density at radius 1 is 1.30 bits per heavy atom. The summed E-state index contributed by atoms with van der Waals surface area (Å²) in [6.45, 7) is 2.87. The lowest BCUT2D eigenvalue weighted by Crippen LogP contribution is -2.36. The minimum Gasteiger partial charge on any atom is -0.465 e. The number of nitrogen functional groups attached to an aromatic ring is 1. The first-order valence-corrected chi connectivity index (χ1v) is 9.64. The number of carbonyl (C=O) groups is 1. The van der Waals surface area contributed by atoms with Gasteiger partial charge in [0.2, 0.25) is 0 Å². The zero-order valence-corrected chi connectivity index (χ0v) is 15.9. The molecule has 0 saturated carbocycles. The summed E-state index contributed by atoms with van der Waals surface area (Å²) in [4.78, 5) is 19.3. The third-order valence-corrected chi connectivity index (χ3v) is 6.07. The molecule has 1 aliphatic heterocycles. The fraction of sp³-hybridized carbons (Fsp3) is 0.300. The highest BCUT2D eigenvalue weighted by Crippen LogP contribution is 2.40. The summed E-state index contributed by atoms with van der Waals surface area (Å²) in [5.41, 5.74) is 9.07. The number of aromatic nitrogens is 1. The average molecular weight is 383 g/mol. The first kappa shape index (κ1) is 17.8. The second kappa shape index (κ2) is 7.54. The quantitative estimate of drug-likeness (QED) is 0.698. The molecule has 2 aromatic heterocycles. The molecule has 0 spiro atoms. The summed E-state index contributed by atoms with van der Waals surface area (Å²) in [5.74, 6) is -0.344. The molecule has 6 nitrogen and oxygen atoms in total. The van der Waals surface area contributed by atoms with Gasteiger partial charge in [0.25, 0.3) is 0 Å². The minimum absolute atomic E-state index is 0.344. The number of esters is 1. The van der Waals surface area contributed by atoms with Gasteiger partial charge in [-0.3, -0.25) is 4.98 Å². The zero-order chi connectivity index (χ0) is 18.8. The number of morpholine rings is 1. The molecule has 3 heterocycles. The Bertz CT molecular complexity index is 980. The first-order chi connectivity index (χ1) is 13.2. The van der Waals surface area contributed by atoms with E-state index in [2.05, 4.69) is 28.1 Å². The van der Waals surface area contributed by atoms with Crippen LogP contribution in [0.4, 0.5) is 10.7 Å². The number of pyridine rings is 1. The van der Waals surface area contributed by atoms with E-state index in [1.807, 2.05) is 12.3 Å². The van der Waals surface area contributed by atoms with Crippen molar-refractivity contribution in [2.75, 3.05) is 44.0 Å². The van der Waals surface area contributed by atoms with Crippen LogP contribution in [0, 0.1) is 0 Å². The number of ether oxygens (including phenoxy) is 2. The SMILES string of the molecule is COC(=O)c1sc(N2CCOCC2)c(N)c1Cc1ccc2ccncc2c1. The Kier molecular flexibility index (Phi) is 4.96. The Labute approximate surface area is 161 Å². The van der Waals surface area contributed by atoms with Gasteiger partial charge in [-0.1, -0.05) is 12.1 Å². The van der Waals surface area contributed by atoms with Crippen LogP contribution >= 0.6 is 11.3 Å². The maximum atomic E-state index is 12.4. The molecule has 0 unspecified atom stereocenters. The van der Waals surface area contributed by atoms with Gasteiger partial charge in [-0.25, -0.2) is 4.79 Å². The summed E-state index contributed by atoms with van der Waals surface area (Å²) in [6, 6.07) is 8.20. The fourth-order valence-electron chi connectivity index (χ4n) is 3.35. The minimum atomic E-state index is -0.344. The van der Waals surface area contributed by atoms with Crippen molar-refractivity contribution in [2.45, 2.75) is 6.42 Å². The van der Waals surface area contributed by atoms with Gasteiger partial charge in [-0.15, -0.1) is 11.3 Å². The summed E-state index contributed by atoms with van der Waals surface area (Å²) >= 11 is 1.41. The molecule has 3 aromatic rings. The van der Waals surface area contributed by atoms with Crippen molar-refractivity contribution in [1.29, 1.82) is 0 Å². The monoisotopic (exact) mass is 383 g/mol. The van der Waals surface area contributed by atoms with Crippen LogP contribution in [-0.4, -0.2) is 44.4 Å². The number of hydrogen-bond donors (Lipinski definition) is 1. The first-order valence-electron chi connectivity index (χ1n) is 8.82. The standard InChI is InChI=1S/C20H21N3O3S/c1-25-20(24)18-16(17(21)19(27-18)23-6-8-26-9-7-23)11-13-2-3-14-4-5-22-12-15(14)10-13/h2-5,10,12H,6-9,11,21H2,1H3. The number of carbonyl (C=O) groups excluding carboxylic acids is 1. The number of nitrogens with zero attached hydrogens (tertiary/aromatic N) is 2. The molecule has 140 valence electrons. The number of hydrogen-bond acceptors (Lipinski definition) is 7. The molecule has 4 rings (SSSR count). The van der Waals surface area contributed by atoms with Crippen LogP contribution in [0.25, 0.3) is 10.8 Å². The van der Waals surface area contributed by atoms with Crippen LogP contribution in [0.2, 0.25) is 0 Å². The normalized spacial score (nSPS) is 14.5. The summed E-state index contributed by atoms with van der Waals surface area (Å²) in [7, 11) is 1.40. The van der Waals surface area contributed by atoms with Crippen LogP contribution in [0.3, 0.4) is 0 Å². The van der Waals surface area contributed by atoms with Crippen LogP contribution in [0.5, 0.6) is 0 Å². The lowest BCUT2D eigenvalue weighted by atomic mass is 10.0. The highest BCUT2D eigenvalue weighted by atomic mass is 32.1. The Morgan fingerprint density at radius 2 is 2.11 bits per heavy atom. The van der Waals surface area contributed by atoms with Crippen LogP contribution in [0.15, 0.2) is 36.7 Å². The lowest BCUT2D eigenvalue weighted by molar-refractivity contribution is 0.0605. The number of methoxy groups -OCH3 is 1. The van der Waals surface area contributed by atoms with E-state index in [-0.39, 0.29) is 5.97 Å². The molecule has 0 atom stereocenters. The summed E-state index contributed by atoms with van der Waals surface area (Å²) < 4.78 is 10.4. The number of benzene rings is 1. The highest BCUT2D eigenvalue weighted by Gasteiger charge is 2.26. The van der Waals surface area contributed by atoms with Gasteiger partial charge in [0.05, 0.1) is 26.0 Å². The van der Waals surface area contributed by atoms with Gasteiger partial charge in [0, 0.05) is 42.9 Å². The van der Waals surface area contributed by atoms with Crippen molar-refractivity contribution in [3.05, 3.63) is 52.7 Å². The number of nitrogens with two attached hydrogens (primary N) is 1. The Hall–Kier alpha value is -2.64. The van der Waals surface area contributed by atoms with Gasteiger partial charge in [-0.2, -0.15) is 0 Å². The molecule has 27 heavy (non-hydrogen) atoms. The van der Waals surface area contributed by atoms with E-state index in [1.165, 1.54) is 18.4 Å². The van der Waals surface area contributed by atoms with E-state index >= 15 is 0 Å². The molecule has 0 amide bonds. The van der Waals surface area contributed by atoms with Crippen LogP contribution < -0.4 is 10.6 Å². The molecule has 7 heteroatoms. The number of anilines is 2. The second-order valence-corrected chi connectivity index (χ2v) is 7.45. The zero-order valence-electron chi connectivity index (χ0n) is 15.1. The predicted molar refractivity (Wildman–Crippen MR) is 108 cm³/mol. The van der Waals surface area contributed by atoms with Crippen molar-refractivity contribution >= 4 is 38.8 Å². The molecule has 0 aliphatic carbocycles. The maximum absolute atomic E-state index is 12.4. The topological polar surface area (TPSA) is 77.7 Å². The molecular weight excluding hydrogens is 362 g/mol. The summed E-state index contributed by atoms with van der Waals surface area (Å²) in [6.07, 6.45) is 4.20. The highest BCUT2D eigenvalue weighted by molar-refractivity contribution is 7.18. The van der Waals surface area contributed by atoms with Crippen molar-refractivity contribution in [1.82, 2.24) is 4.98 Å². The average Bonchev–Trinajstić information content (AvgIpc) is 3.04. The summed E-state index contributed by atoms with van der Waals surface area (Å²) in [5, 5.41) is 3.13. The second-order valence-electron chi connectivity index (χ2n) is 6.45. The molecule has 0 radical (unpaired) electrons.